The molecule has 9 heteroatoms. The number of ether oxygens (including phenoxy) is 1. The number of aryl methyl sites for hydroxylation is 1. The van der Waals surface area contributed by atoms with Crippen LogP contribution in [0.4, 0.5) is 15.9 Å². The van der Waals surface area contributed by atoms with Crippen molar-refractivity contribution in [3.8, 4) is 11.8 Å². The molecule has 0 radical (unpaired) electrons. The van der Waals surface area contributed by atoms with Crippen molar-refractivity contribution in [2.24, 2.45) is 11.8 Å². The minimum Gasteiger partial charge on any atom is -0.421 e. The number of halogens is 1. The first-order valence-electron chi connectivity index (χ1n) is 11.0. The van der Waals surface area contributed by atoms with E-state index in [0.29, 0.717) is 34.7 Å². The third kappa shape index (κ3) is 3.11. The number of aromatic amines is 1. The minimum absolute atomic E-state index is 0.218. The number of hydrogen-bond acceptors (Lipinski definition) is 7. The Bertz CT molecular complexity index is 1310. The van der Waals surface area contributed by atoms with E-state index in [1.807, 2.05) is 6.92 Å². The molecule has 0 unspecified atom stereocenters. The van der Waals surface area contributed by atoms with Crippen molar-refractivity contribution in [2.75, 3.05) is 30.4 Å². The Labute approximate surface area is 184 Å². The van der Waals surface area contributed by atoms with Gasteiger partial charge in [-0.15, -0.1) is 0 Å². The zero-order chi connectivity index (χ0) is 21.8. The summed E-state index contributed by atoms with van der Waals surface area (Å²) in [5, 5.41) is 4.66. The normalized spacial score (nSPS) is 20.3. The molecule has 1 aliphatic heterocycles. The Balaban J connectivity index is 1.53. The molecule has 6 rings (SSSR count). The SMILES string of the molecule is CNc1cc(F)cc2c1[nH]c1nc(Oc3cnc(C)nc3)nc(N3C[C@H]4CCC[C@H]4C3)c12. The van der Waals surface area contributed by atoms with Crippen LogP contribution in [0.25, 0.3) is 21.9 Å². The Morgan fingerprint density at radius 1 is 1.12 bits per heavy atom. The number of anilines is 2. The molecule has 2 aliphatic rings. The lowest BCUT2D eigenvalue weighted by molar-refractivity contribution is 0.439. The maximum Gasteiger partial charge on any atom is 0.326 e. The van der Waals surface area contributed by atoms with Crippen LogP contribution >= 0.6 is 0 Å². The summed E-state index contributed by atoms with van der Waals surface area (Å²) >= 11 is 0. The molecule has 4 heterocycles. The predicted molar refractivity (Wildman–Crippen MR) is 121 cm³/mol. The number of hydrogen-bond donors (Lipinski definition) is 2. The van der Waals surface area contributed by atoms with Gasteiger partial charge in [0, 0.05) is 25.5 Å². The molecule has 0 amide bonds. The molecule has 32 heavy (non-hydrogen) atoms. The van der Waals surface area contributed by atoms with E-state index in [1.165, 1.54) is 25.3 Å². The highest BCUT2D eigenvalue weighted by Gasteiger charge is 2.37. The van der Waals surface area contributed by atoms with E-state index < -0.39 is 0 Å². The van der Waals surface area contributed by atoms with E-state index in [9.17, 15) is 4.39 Å². The molecule has 4 aromatic rings. The van der Waals surface area contributed by atoms with Gasteiger partial charge in [0.05, 0.1) is 29.0 Å². The molecular formula is C23H24FN7O. The lowest BCUT2D eigenvalue weighted by atomic mass is 10.0. The zero-order valence-electron chi connectivity index (χ0n) is 18.0. The maximum atomic E-state index is 14.4. The van der Waals surface area contributed by atoms with Gasteiger partial charge in [0.1, 0.15) is 23.1 Å². The second kappa shape index (κ2) is 7.29. The topological polar surface area (TPSA) is 91.8 Å². The lowest BCUT2D eigenvalue weighted by Gasteiger charge is -2.20. The number of benzene rings is 1. The summed E-state index contributed by atoms with van der Waals surface area (Å²) < 4.78 is 20.4. The summed E-state index contributed by atoms with van der Waals surface area (Å²) in [6.45, 7) is 3.72. The van der Waals surface area contributed by atoms with Crippen molar-refractivity contribution in [3.05, 3.63) is 36.2 Å². The summed E-state index contributed by atoms with van der Waals surface area (Å²) in [5.41, 5.74) is 2.10. The summed E-state index contributed by atoms with van der Waals surface area (Å²) in [7, 11) is 1.78. The standard InChI is InChI=1S/C23H24FN7O/c1-12-26-8-16(9-27-12)32-23-29-21-19(17-6-15(24)7-18(25-2)20(17)28-21)22(30-23)31-10-13-4-3-5-14(13)11-31/h6-9,13-14,25H,3-5,10-11H2,1-2H3,(H,28,29,30)/t13-,14+. The quantitative estimate of drug-likeness (QED) is 0.492. The molecule has 3 aromatic heterocycles. The van der Waals surface area contributed by atoms with Crippen molar-refractivity contribution in [3.63, 3.8) is 0 Å². The predicted octanol–water partition coefficient (Wildman–Crippen LogP) is 4.42. The Morgan fingerprint density at radius 3 is 2.59 bits per heavy atom. The van der Waals surface area contributed by atoms with Crippen LogP contribution in [0.5, 0.6) is 11.8 Å². The van der Waals surface area contributed by atoms with Crippen LogP contribution in [0.3, 0.4) is 0 Å². The van der Waals surface area contributed by atoms with Crippen molar-refractivity contribution in [1.29, 1.82) is 0 Å². The van der Waals surface area contributed by atoms with E-state index in [1.54, 1.807) is 25.5 Å². The first-order chi connectivity index (χ1) is 15.6. The van der Waals surface area contributed by atoms with Crippen molar-refractivity contribution in [2.45, 2.75) is 26.2 Å². The second-order valence-electron chi connectivity index (χ2n) is 8.73. The van der Waals surface area contributed by atoms with Crippen LogP contribution in [0.2, 0.25) is 0 Å². The largest absolute Gasteiger partial charge is 0.421 e. The summed E-state index contributed by atoms with van der Waals surface area (Å²) in [6, 6.07) is 3.24. The number of aromatic nitrogens is 5. The average molecular weight is 433 g/mol. The summed E-state index contributed by atoms with van der Waals surface area (Å²) in [6.07, 6.45) is 7.02. The molecular weight excluding hydrogens is 409 g/mol. The van der Waals surface area contributed by atoms with Crippen molar-refractivity contribution in [1.82, 2.24) is 24.9 Å². The molecule has 0 spiro atoms. The molecule has 2 atom stereocenters. The first-order valence-corrected chi connectivity index (χ1v) is 11.0. The smallest absolute Gasteiger partial charge is 0.326 e. The molecule has 1 aromatic carbocycles. The van der Waals surface area contributed by atoms with Crippen molar-refractivity contribution >= 4 is 33.4 Å². The summed E-state index contributed by atoms with van der Waals surface area (Å²) in [4.78, 5) is 23.5. The van der Waals surface area contributed by atoms with Gasteiger partial charge in [-0.3, -0.25) is 0 Å². The number of nitrogens with zero attached hydrogens (tertiary/aromatic N) is 5. The second-order valence-corrected chi connectivity index (χ2v) is 8.73. The maximum absolute atomic E-state index is 14.4. The number of nitrogens with one attached hydrogen (secondary N) is 2. The molecule has 1 saturated heterocycles. The highest BCUT2D eigenvalue weighted by atomic mass is 19.1. The van der Waals surface area contributed by atoms with E-state index in [2.05, 4.69) is 30.2 Å². The molecule has 0 bridgehead atoms. The van der Waals surface area contributed by atoms with Gasteiger partial charge in [0.15, 0.2) is 5.75 Å². The van der Waals surface area contributed by atoms with Gasteiger partial charge >= 0.3 is 6.01 Å². The lowest BCUT2D eigenvalue weighted by Crippen LogP contribution is -2.22. The Morgan fingerprint density at radius 2 is 1.88 bits per heavy atom. The van der Waals surface area contributed by atoms with E-state index in [-0.39, 0.29) is 11.8 Å². The monoisotopic (exact) mass is 433 g/mol. The van der Waals surface area contributed by atoms with E-state index in [0.717, 1.165) is 35.2 Å². The van der Waals surface area contributed by atoms with Crippen LogP contribution in [-0.4, -0.2) is 45.1 Å². The van der Waals surface area contributed by atoms with Gasteiger partial charge in [-0.05, 0) is 43.7 Å². The minimum atomic E-state index is -0.302. The first kappa shape index (κ1) is 19.2. The van der Waals surface area contributed by atoms with Crippen LogP contribution in [-0.2, 0) is 0 Å². The number of fused-ring (bicyclic) bond motifs is 4. The average Bonchev–Trinajstić information content (AvgIpc) is 3.47. The van der Waals surface area contributed by atoms with Crippen LogP contribution < -0.4 is 15.0 Å². The molecule has 8 nitrogen and oxygen atoms in total. The molecule has 1 saturated carbocycles. The third-order valence-electron chi connectivity index (χ3n) is 6.75. The van der Waals surface area contributed by atoms with E-state index in [4.69, 9.17) is 9.72 Å². The molecule has 2 N–H and O–H groups in total. The fourth-order valence-corrected chi connectivity index (χ4v) is 5.24. The molecule has 2 fully saturated rings. The number of H-pyrrole nitrogens is 1. The Hall–Kier alpha value is -3.49. The third-order valence-corrected chi connectivity index (χ3v) is 6.75. The molecule has 164 valence electrons. The number of rotatable bonds is 4. The van der Waals surface area contributed by atoms with Crippen LogP contribution in [0.1, 0.15) is 25.1 Å². The van der Waals surface area contributed by atoms with Gasteiger partial charge in [0.25, 0.3) is 0 Å². The van der Waals surface area contributed by atoms with Gasteiger partial charge < -0.3 is 19.9 Å². The van der Waals surface area contributed by atoms with Gasteiger partial charge in [-0.1, -0.05) is 6.42 Å². The highest BCUT2D eigenvalue weighted by Crippen LogP contribution is 2.43. The van der Waals surface area contributed by atoms with Crippen molar-refractivity contribution < 1.29 is 9.13 Å². The van der Waals surface area contributed by atoms with Gasteiger partial charge in [-0.2, -0.15) is 9.97 Å². The van der Waals surface area contributed by atoms with Crippen LogP contribution in [0, 0.1) is 24.6 Å². The van der Waals surface area contributed by atoms with E-state index >= 15 is 0 Å². The summed E-state index contributed by atoms with van der Waals surface area (Å²) in [5.74, 6) is 2.98. The van der Waals surface area contributed by atoms with Crippen LogP contribution in [0.15, 0.2) is 24.5 Å². The Kier molecular flexibility index (Phi) is 4.38. The fraction of sp³-hybridized carbons (Fsp3) is 0.391. The zero-order valence-corrected chi connectivity index (χ0v) is 18.0. The van der Waals surface area contributed by atoms with Gasteiger partial charge in [-0.25, -0.2) is 14.4 Å². The fourth-order valence-electron chi connectivity index (χ4n) is 5.24. The van der Waals surface area contributed by atoms with Gasteiger partial charge in [0.2, 0.25) is 0 Å². The highest BCUT2D eigenvalue weighted by molar-refractivity contribution is 6.14. The molecule has 1 aliphatic carbocycles.